The van der Waals surface area contributed by atoms with Gasteiger partial charge in [-0.15, -0.1) is 0 Å². The van der Waals surface area contributed by atoms with Crippen LogP contribution in [0.15, 0.2) is 23.1 Å². The summed E-state index contributed by atoms with van der Waals surface area (Å²) in [6, 6.07) is 0.0433. The summed E-state index contributed by atoms with van der Waals surface area (Å²) in [5, 5.41) is 17.7. The number of imidazole rings is 1. The summed E-state index contributed by atoms with van der Waals surface area (Å²) < 4.78 is 84.6. The molecular formula is C30H36F5N7O5. The Kier molecular flexibility index (Phi) is 8.97. The van der Waals surface area contributed by atoms with Crippen LogP contribution in [0.5, 0.6) is 0 Å². The number of ether oxygens (including phenoxy) is 2. The van der Waals surface area contributed by atoms with E-state index in [4.69, 9.17) is 14.1 Å². The lowest BCUT2D eigenvalue weighted by molar-refractivity contribution is -0.265. The first kappa shape index (κ1) is 33.2. The number of fused-ring (bicyclic) bond motifs is 1. The third-order valence-corrected chi connectivity index (χ3v) is 9.07. The van der Waals surface area contributed by atoms with Crippen LogP contribution in [0, 0.1) is 11.8 Å². The highest BCUT2D eigenvalue weighted by Crippen LogP contribution is 2.44. The Bertz CT molecular complexity index is 1590. The summed E-state index contributed by atoms with van der Waals surface area (Å²) in [4.78, 5) is 30.8. The molecule has 47 heavy (non-hydrogen) atoms. The molecule has 1 aliphatic heterocycles. The van der Waals surface area contributed by atoms with E-state index in [9.17, 15) is 31.5 Å². The van der Waals surface area contributed by atoms with Gasteiger partial charge in [-0.1, -0.05) is 5.16 Å². The Morgan fingerprint density at radius 1 is 1.11 bits per heavy atom. The van der Waals surface area contributed by atoms with Crippen molar-refractivity contribution in [1.29, 1.82) is 0 Å². The summed E-state index contributed by atoms with van der Waals surface area (Å²) in [5.41, 5.74) is -1.11. The van der Waals surface area contributed by atoms with Gasteiger partial charge in [-0.3, -0.25) is 9.59 Å². The minimum absolute atomic E-state index is 0.0162. The number of hydrogen-bond donors (Lipinski definition) is 2. The Hall–Kier alpha value is -3.73. The molecule has 0 spiro atoms. The lowest BCUT2D eigenvalue weighted by Crippen LogP contribution is -2.44. The minimum Gasteiger partial charge on any atom is -0.381 e. The predicted octanol–water partition coefficient (Wildman–Crippen LogP) is 4.84. The van der Waals surface area contributed by atoms with Gasteiger partial charge in [0.25, 0.3) is 5.91 Å². The highest BCUT2D eigenvalue weighted by molar-refractivity contribution is 5.93. The summed E-state index contributed by atoms with van der Waals surface area (Å²) >= 11 is 0. The first-order valence-electron chi connectivity index (χ1n) is 15.6. The quantitative estimate of drug-likeness (QED) is 0.259. The largest absolute Gasteiger partial charge is 0.416 e. The lowest BCUT2D eigenvalue weighted by Gasteiger charge is -2.35. The molecule has 4 heterocycles. The fourth-order valence-corrected chi connectivity index (χ4v) is 5.97. The molecule has 12 nitrogen and oxygen atoms in total. The number of nitrogens with zero attached hydrogens (tertiary/aromatic N) is 5. The summed E-state index contributed by atoms with van der Waals surface area (Å²) in [5.74, 6) is -4.15. The number of rotatable bonds is 12. The van der Waals surface area contributed by atoms with Crippen molar-refractivity contribution in [3.8, 4) is 0 Å². The number of nitrogens with one attached hydrogen (secondary N) is 2. The van der Waals surface area contributed by atoms with Gasteiger partial charge in [0.2, 0.25) is 11.8 Å². The molecule has 6 rings (SSSR count). The first-order chi connectivity index (χ1) is 22.2. The molecule has 2 saturated carbocycles. The lowest BCUT2D eigenvalue weighted by atomic mass is 9.79. The zero-order chi connectivity index (χ0) is 33.6. The molecule has 2 amide bonds. The topological polar surface area (TPSA) is 146 Å². The van der Waals surface area contributed by atoms with Gasteiger partial charge in [0.15, 0.2) is 16.9 Å². The number of halogens is 5. The summed E-state index contributed by atoms with van der Waals surface area (Å²) in [6.45, 7) is 2.18. The number of amides is 2. The van der Waals surface area contributed by atoms with Gasteiger partial charge in [0, 0.05) is 38.4 Å². The zero-order valence-corrected chi connectivity index (χ0v) is 25.9. The van der Waals surface area contributed by atoms with Crippen LogP contribution in [0.1, 0.15) is 104 Å². The van der Waals surface area contributed by atoms with Crippen molar-refractivity contribution >= 4 is 17.5 Å². The van der Waals surface area contributed by atoms with Gasteiger partial charge in [0.05, 0.1) is 36.8 Å². The zero-order valence-electron chi connectivity index (χ0n) is 25.9. The van der Waals surface area contributed by atoms with Gasteiger partial charge in [-0.2, -0.15) is 18.3 Å². The molecule has 0 bridgehead atoms. The van der Waals surface area contributed by atoms with E-state index in [1.807, 2.05) is 0 Å². The second-order valence-electron chi connectivity index (χ2n) is 13.2. The van der Waals surface area contributed by atoms with Crippen molar-refractivity contribution in [3.05, 3.63) is 41.1 Å². The van der Waals surface area contributed by atoms with Gasteiger partial charge in [-0.25, -0.2) is 22.9 Å². The van der Waals surface area contributed by atoms with Crippen LogP contribution < -0.4 is 10.6 Å². The highest BCUT2D eigenvalue weighted by Gasteiger charge is 2.49. The average molecular weight is 670 g/mol. The van der Waals surface area contributed by atoms with Crippen molar-refractivity contribution in [2.45, 2.75) is 94.5 Å². The van der Waals surface area contributed by atoms with E-state index < -0.39 is 42.3 Å². The molecule has 3 aliphatic rings. The van der Waals surface area contributed by atoms with Crippen LogP contribution in [-0.4, -0.2) is 74.2 Å². The smallest absolute Gasteiger partial charge is 0.381 e. The molecule has 2 atom stereocenters. The minimum atomic E-state index is -4.69. The number of alkyl halides is 5. The van der Waals surface area contributed by atoms with E-state index in [1.54, 1.807) is 12.3 Å². The molecule has 1 saturated heterocycles. The fourth-order valence-electron chi connectivity index (χ4n) is 5.97. The monoisotopic (exact) mass is 669 g/mol. The number of carbonyl (C=O) groups excluding carboxylic acids is 2. The van der Waals surface area contributed by atoms with Gasteiger partial charge >= 0.3 is 6.18 Å². The molecule has 17 heteroatoms. The third-order valence-electron chi connectivity index (χ3n) is 9.07. The van der Waals surface area contributed by atoms with Gasteiger partial charge in [-0.05, 0) is 68.2 Å². The van der Waals surface area contributed by atoms with Crippen molar-refractivity contribution in [2.24, 2.45) is 11.8 Å². The van der Waals surface area contributed by atoms with Crippen molar-refractivity contribution < 1.29 is 45.6 Å². The Balaban J connectivity index is 1.25. The molecule has 0 aromatic carbocycles. The van der Waals surface area contributed by atoms with E-state index >= 15 is 0 Å². The van der Waals surface area contributed by atoms with E-state index in [0.29, 0.717) is 43.0 Å². The molecule has 3 fully saturated rings. The Morgan fingerprint density at radius 2 is 1.83 bits per heavy atom. The number of aromatic nitrogens is 5. The van der Waals surface area contributed by atoms with Crippen LogP contribution >= 0.6 is 0 Å². The van der Waals surface area contributed by atoms with E-state index in [1.165, 1.54) is 10.7 Å². The predicted molar refractivity (Wildman–Crippen MR) is 152 cm³/mol. The standard InChI is InChI=1S/C30H36F5N7O5/c1-28(2,30(33,34)35)46-15-21(38-27(44)26-25(17-3-4-17)40-47-41-26)20-14-42-22(37-20)10-19(13-36-42)24(18-5-7-45-8-6-18)39-23(43)9-16-11-29(31,32)12-16/h10,13-14,16-18,21,24H,3-9,11-12,15H2,1-2H3,(H,38,44)(H,39,43)/t21-,24?/m0/s1. The maximum absolute atomic E-state index is 13.6. The number of hydrogen-bond acceptors (Lipinski definition) is 9. The molecule has 2 aliphatic carbocycles. The van der Waals surface area contributed by atoms with Crippen LogP contribution in [0.2, 0.25) is 0 Å². The first-order valence-corrected chi connectivity index (χ1v) is 15.6. The van der Waals surface area contributed by atoms with Crippen molar-refractivity contribution in [1.82, 2.24) is 35.5 Å². The second-order valence-corrected chi connectivity index (χ2v) is 13.2. The van der Waals surface area contributed by atoms with Crippen LogP contribution in [0.25, 0.3) is 5.65 Å². The molecule has 0 radical (unpaired) electrons. The number of carbonyl (C=O) groups is 2. The maximum atomic E-state index is 13.6. The van der Waals surface area contributed by atoms with Crippen molar-refractivity contribution in [3.63, 3.8) is 0 Å². The third kappa shape index (κ3) is 7.55. The molecule has 256 valence electrons. The fraction of sp³-hybridized carbons (Fsp3) is 0.667. The van der Waals surface area contributed by atoms with Gasteiger partial charge < -0.3 is 20.1 Å². The van der Waals surface area contributed by atoms with E-state index in [-0.39, 0.29) is 54.3 Å². The SMILES string of the molecule is CC(C)(OC[C@H](NC(=O)c1nonc1C1CC1)c1cn2ncc(C(NC(=O)CC3CC(F)(F)C3)C3CCOCC3)cc2n1)C(F)(F)F. The molecule has 1 unspecified atom stereocenters. The summed E-state index contributed by atoms with van der Waals surface area (Å²) in [7, 11) is 0. The molecule has 2 N–H and O–H groups in total. The van der Waals surface area contributed by atoms with Crippen molar-refractivity contribution in [2.75, 3.05) is 19.8 Å². The van der Waals surface area contributed by atoms with Gasteiger partial charge in [0.1, 0.15) is 5.69 Å². The van der Waals surface area contributed by atoms with Crippen LogP contribution in [-0.2, 0) is 14.3 Å². The second kappa shape index (κ2) is 12.7. The highest BCUT2D eigenvalue weighted by atomic mass is 19.4. The maximum Gasteiger partial charge on any atom is 0.416 e. The van der Waals surface area contributed by atoms with E-state index in [2.05, 4.69) is 31.0 Å². The van der Waals surface area contributed by atoms with E-state index in [0.717, 1.165) is 26.7 Å². The van der Waals surface area contributed by atoms with Crippen LogP contribution in [0.4, 0.5) is 22.0 Å². The Labute approximate surface area is 266 Å². The average Bonchev–Trinajstić information content (AvgIpc) is 3.56. The molecule has 3 aromatic rings. The summed E-state index contributed by atoms with van der Waals surface area (Å²) in [6.07, 6.45) is 0.612. The van der Waals surface area contributed by atoms with Crippen LogP contribution in [0.3, 0.4) is 0 Å². The molecule has 3 aromatic heterocycles. The normalized spacial score (nSPS) is 20.5. The Morgan fingerprint density at radius 3 is 2.49 bits per heavy atom. The molecular weight excluding hydrogens is 633 g/mol.